The highest BCUT2D eigenvalue weighted by Crippen LogP contribution is 2.16. The number of benzene rings is 1. The number of hydrogen-bond acceptors (Lipinski definition) is 2. The van der Waals surface area contributed by atoms with Crippen LogP contribution in [0.2, 0.25) is 0 Å². The van der Waals surface area contributed by atoms with Crippen LogP contribution in [-0.4, -0.2) is 30.3 Å². The smallest absolute Gasteiger partial charge is 0.255 e. The van der Waals surface area contributed by atoms with Gasteiger partial charge in [0.2, 0.25) is 0 Å². The first kappa shape index (κ1) is 14.4. The molecule has 0 atom stereocenters. The minimum atomic E-state index is -2.53. The number of amides is 1. The van der Waals surface area contributed by atoms with Gasteiger partial charge in [0.25, 0.3) is 12.3 Å². The topological polar surface area (TPSA) is 46.3 Å². The van der Waals surface area contributed by atoms with E-state index in [2.05, 4.69) is 0 Å². The summed E-state index contributed by atoms with van der Waals surface area (Å²) >= 11 is 0. The number of aryl methyl sites for hydroxylation is 1. The maximum absolute atomic E-state index is 12.4. The Morgan fingerprint density at radius 3 is 2.67 bits per heavy atom. The lowest BCUT2D eigenvalue weighted by Crippen LogP contribution is -2.36. The summed E-state index contributed by atoms with van der Waals surface area (Å²) in [6.45, 7) is 3.38. The van der Waals surface area contributed by atoms with Crippen molar-refractivity contribution >= 4 is 11.6 Å². The molecule has 2 N–H and O–H groups in total. The number of rotatable bonds is 5. The minimum Gasteiger partial charge on any atom is -0.399 e. The van der Waals surface area contributed by atoms with Crippen molar-refractivity contribution in [2.75, 3.05) is 18.8 Å². The van der Waals surface area contributed by atoms with Gasteiger partial charge in [-0.25, -0.2) is 8.78 Å². The van der Waals surface area contributed by atoms with Crippen LogP contribution in [0.25, 0.3) is 0 Å². The molecule has 0 aliphatic rings. The Hall–Kier alpha value is -1.65. The zero-order chi connectivity index (χ0) is 13.7. The van der Waals surface area contributed by atoms with Crippen molar-refractivity contribution < 1.29 is 13.6 Å². The average molecular weight is 256 g/mol. The van der Waals surface area contributed by atoms with E-state index in [-0.39, 0.29) is 5.91 Å². The van der Waals surface area contributed by atoms with Crippen LogP contribution in [0.15, 0.2) is 18.2 Å². The fourth-order valence-electron chi connectivity index (χ4n) is 1.75. The molecular formula is C13H18F2N2O. The molecule has 18 heavy (non-hydrogen) atoms. The van der Waals surface area contributed by atoms with Gasteiger partial charge in [0, 0.05) is 17.8 Å². The Balaban J connectivity index is 2.97. The van der Waals surface area contributed by atoms with Gasteiger partial charge in [0.1, 0.15) is 0 Å². The maximum atomic E-state index is 12.4. The summed E-state index contributed by atoms with van der Waals surface area (Å²) in [5.74, 6) is -0.387. The highest BCUT2D eigenvalue weighted by atomic mass is 19.3. The normalized spacial score (nSPS) is 10.7. The molecule has 1 aromatic rings. The number of hydrogen-bond donors (Lipinski definition) is 1. The maximum Gasteiger partial charge on any atom is 0.255 e. The van der Waals surface area contributed by atoms with E-state index >= 15 is 0 Å². The minimum absolute atomic E-state index is 0.317. The van der Waals surface area contributed by atoms with Crippen LogP contribution in [0.4, 0.5) is 14.5 Å². The van der Waals surface area contributed by atoms with Crippen molar-refractivity contribution in [3.63, 3.8) is 0 Å². The van der Waals surface area contributed by atoms with Crippen molar-refractivity contribution in [1.82, 2.24) is 4.90 Å². The van der Waals surface area contributed by atoms with Gasteiger partial charge in [0.15, 0.2) is 0 Å². The van der Waals surface area contributed by atoms with Crippen molar-refractivity contribution in [2.24, 2.45) is 0 Å². The summed E-state index contributed by atoms with van der Waals surface area (Å²) in [7, 11) is 0. The van der Waals surface area contributed by atoms with E-state index in [1.54, 1.807) is 19.1 Å². The summed E-state index contributed by atoms with van der Waals surface area (Å²) in [5, 5.41) is 0. The van der Waals surface area contributed by atoms with E-state index in [0.29, 0.717) is 24.2 Å². The quantitative estimate of drug-likeness (QED) is 0.823. The van der Waals surface area contributed by atoms with E-state index in [4.69, 9.17) is 5.73 Å². The van der Waals surface area contributed by atoms with Crippen molar-refractivity contribution in [3.8, 4) is 0 Å². The van der Waals surface area contributed by atoms with Crippen LogP contribution in [0.1, 0.15) is 29.3 Å². The molecule has 1 aromatic carbocycles. The van der Waals surface area contributed by atoms with Crippen LogP contribution in [0.3, 0.4) is 0 Å². The summed E-state index contributed by atoms with van der Waals surface area (Å²) in [6, 6.07) is 4.93. The van der Waals surface area contributed by atoms with E-state index in [9.17, 15) is 13.6 Å². The molecule has 0 saturated carbocycles. The first-order valence-electron chi connectivity index (χ1n) is 5.89. The second kappa shape index (κ2) is 6.33. The van der Waals surface area contributed by atoms with E-state index < -0.39 is 13.0 Å². The third kappa shape index (κ3) is 3.68. The molecule has 1 amide bonds. The zero-order valence-corrected chi connectivity index (χ0v) is 10.6. The predicted octanol–water partition coefficient (Wildman–Crippen LogP) is 2.69. The van der Waals surface area contributed by atoms with Gasteiger partial charge in [-0.1, -0.05) is 13.0 Å². The zero-order valence-electron chi connectivity index (χ0n) is 10.6. The lowest BCUT2D eigenvalue weighted by atomic mass is 10.1. The molecule has 5 heteroatoms. The first-order chi connectivity index (χ1) is 8.45. The number of nitrogens with two attached hydrogens (primary N) is 1. The van der Waals surface area contributed by atoms with Gasteiger partial charge in [0.05, 0.1) is 6.54 Å². The molecule has 0 bridgehead atoms. The molecule has 0 saturated heterocycles. The van der Waals surface area contributed by atoms with Crippen LogP contribution in [-0.2, 0) is 0 Å². The Morgan fingerprint density at radius 1 is 1.44 bits per heavy atom. The fourth-order valence-corrected chi connectivity index (χ4v) is 1.75. The highest BCUT2D eigenvalue weighted by Gasteiger charge is 2.20. The largest absolute Gasteiger partial charge is 0.399 e. The van der Waals surface area contributed by atoms with Gasteiger partial charge in [-0.2, -0.15) is 0 Å². The summed E-state index contributed by atoms with van der Waals surface area (Å²) in [4.78, 5) is 13.4. The van der Waals surface area contributed by atoms with Gasteiger partial charge < -0.3 is 10.6 Å². The van der Waals surface area contributed by atoms with Crippen LogP contribution < -0.4 is 5.73 Å². The fraction of sp³-hybridized carbons (Fsp3) is 0.462. The Labute approximate surface area is 106 Å². The van der Waals surface area contributed by atoms with Crippen molar-refractivity contribution in [3.05, 3.63) is 29.3 Å². The number of carbonyl (C=O) groups is 1. The number of alkyl halides is 2. The molecule has 0 spiro atoms. The van der Waals surface area contributed by atoms with Crippen LogP contribution >= 0.6 is 0 Å². The van der Waals surface area contributed by atoms with Gasteiger partial charge >= 0.3 is 0 Å². The molecule has 0 aliphatic carbocycles. The molecule has 0 aromatic heterocycles. The van der Waals surface area contributed by atoms with Gasteiger partial charge in [-0.15, -0.1) is 0 Å². The third-order valence-electron chi connectivity index (χ3n) is 2.63. The van der Waals surface area contributed by atoms with Gasteiger partial charge in [-0.3, -0.25) is 4.79 Å². The first-order valence-corrected chi connectivity index (χ1v) is 5.89. The molecule has 0 fully saturated rings. The Morgan fingerprint density at radius 2 is 2.11 bits per heavy atom. The Kier molecular flexibility index (Phi) is 5.07. The van der Waals surface area contributed by atoms with E-state index in [1.807, 2.05) is 6.92 Å². The molecular weight excluding hydrogens is 238 g/mol. The number of halogens is 2. The average Bonchev–Trinajstić information content (AvgIpc) is 2.30. The second-order valence-electron chi connectivity index (χ2n) is 4.22. The van der Waals surface area contributed by atoms with Crippen molar-refractivity contribution in [1.29, 1.82) is 0 Å². The summed E-state index contributed by atoms with van der Waals surface area (Å²) in [6.07, 6.45) is -1.89. The standard InChI is InChI=1S/C13H18F2N2O/c1-3-6-17(8-12(14)15)13(18)11-7-10(16)5-4-9(11)2/h4-5,7,12H,3,6,8,16H2,1-2H3. The van der Waals surface area contributed by atoms with E-state index in [1.165, 1.54) is 11.0 Å². The molecule has 0 heterocycles. The number of carbonyl (C=O) groups excluding carboxylic acids is 1. The van der Waals surface area contributed by atoms with Crippen molar-refractivity contribution in [2.45, 2.75) is 26.7 Å². The third-order valence-corrected chi connectivity index (χ3v) is 2.63. The molecule has 0 radical (unpaired) electrons. The monoisotopic (exact) mass is 256 g/mol. The van der Waals surface area contributed by atoms with E-state index in [0.717, 1.165) is 5.56 Å². The lowest BCUT2D eigenvalue weighted by Gasteiger charge is -2.22. The highest BCUT2D eigenvalue weighted by molar-refractivity contribution is 5.96. The lowest BCUT2D eigenvalue weighted by molar-refractivity contribution is 0.0554. The summed E-state index contributed by atoms with van der Waals surface area (Å²) < 4.78 is 24.9. The second-order valence-corrected chi connectivity index (χ2v) is 4.22. The van der Waals surface area contributed by atoms with Gasteiger partial charge in [-0.05, 0) is 31.0 Å². The number of nitrogen functional groups attached to an aromatic ring is 1. The molecule has 0 aliphatic heterocycles. The Bertz CT molecular complexity index is 421. The van der Waals surface area contributed by atoms with Crippen LogP contribution in [0, 0.1) is 6.92 Å². The summed E-state index contributed by atoms with van der Waals surface area (Å²) in [5.41, 5.74) is 7.21. The number of anilines is 1. The predicted molar refractivity (Wildman–Crippen MR) is 67.8 cm³/mol. The molecule has 1 rings (SSSR count). The van der Waals surface area contributed by atoms with Crippen LogP contribution in [0.5, 0.6) is 0 Å². The molecule has 0 unspecified atom stereocenters. The molecule has 100 valence electrons. The molecule has 3 nitrogen and oxygen atoms in total. The number of nitrogens with zero attached hydrogens (tertiary/aromatic N) is 1. The SMILES string of the molecule is CCCN(CC(F)F)C(=O)c1cc(N)ccc1C.